The smallest absolute Gasteiger partial charge is 0.319 e. The van der Waals surface area contributed by atoms with Crippen LogP contribution in [0, 0.1) is 0 Å². The molecular weight excluding hydrogens is 292 g/mol. The lowest BCUT2D eigenvalue weighted by atomic mass is 9.94. The highest BCUT2D eigenvalue weighted by Gasteiger charge is 2.29. The van der Waals surface area contributed by atoms with Crippen molar-refractivity contribution < 1.29 is 9.53 Å². The summed E-state index contributed by atoms with van der Waals surface area (Å²) in [5.41, 5.74) is 1.83. The Hall–Kier alpha value is -2.50. The van der Waals surface area contributed by atoms with Crippen LogP contribution in [0.2, 0.25) is 0 Å². The highest BCUT2D eigenvalue weighted by atomic mass is 16.5. The first-order valence-corrected chi connectivity index (χ1v) is 7.88. The molecule has 2 atom stereocenters. The third-order valence-corrected chi connectivity index (χ3v) is 4.09. The van der Waals surface area contributed by atoms with Crippen molar-refractivity contribution in [3.8, 4) is 5.75 Å². The van der Waals surface area contributed by atoms with Gasteiger partial charge in [-0.1, -0.05) is 18.2 Å². The number of carbonyl (C=O) groups is 1. The van der Waals surface area contributed by atoms with Crippen molar-refractivity contribution in [2.45, 2.75) is 38.8 Å². The predicted molar refractivity (Wildman–Crippen MR) is 88.9 cm³/mol. The first-order chi connectivity index (χ1) is 11.0. The molecule has 1 aromatic heterocycles. The van der Waals surface area contributed by atoms with Crippen LogP contribution >= 0.6 is 0 Å². The minimum absolute atomic E-state index is 0.0289. The summed E-state index contributed by atoms with van der Waals surface area (Å²) < 4.78 is 7.48. The van der Waals surface area contributed by atoms with Gasteiger partial charge in [-0.15, -0.1) is 0 Å². The largest absolute Gasteiger partial charge is 0.493 e. The number of para-hydroxylation sites is 1. The Morgan fingerprint density at radius 2 is 2.13 bits per heavy atom. The van der Waals surface area contributed by atoms with Crippen molar-refractivity contribution in [3.63, 3.8) is 0 Å². The number of anilines is 1. The van der Waals surface area contributed by atoms with Crippen molar-refractivity contribution in [2.24, 2.45) is 0 Å². The molecule has 3 rings (SSSR count). The van der Waals surface area contributed by atoms with Gasteiger partial charge in [0, 0.05) is 29.8 Å². The molecule has 1 aliphatic rings. The van der Waals surface area contributed by atoms with E-state index in [1.54, 1.807) is 10.9 Å². The SMILES string of the molecule is CC(C)n1cc(NC(=O)N[C@H](C)[C@@H]2COc3ccccc32)cn1. The zero-order chi connectivity index (χ0) is 16.4. The van der Waals surface area contributed by atoms with Gasteiger partial charge in [-0.25, -0.2) is 4.79 Å². The van der Waals surface area contributed by atoms with Crippen molar-refractivity contribution in [1.29, 1.82) is 0 Å². The van der Waals surface area contributed by atoms with Crippen LogP contribution in [0.4, 0.5) is 10.5 Å². The van der Waals surface area contributed by atoms with E-state index in [1.165, 1.54) is 0 Å². The van der Waals surface area contributed by atoms with E-state index in [9.17, 15) is 4.79 Å². The zero-order valence-corrected chi connectivity index (χ0v) is 13.6. The predicted octanol–water partition coefficient (Wildman–Crippen LogP) is 3.15. The van der Waals surface area contributed by atoms with Gasteiger partial charge >= 0.3 is 6.03 Å². The molecule has 2 heterocycles. The standard InChI is InChI=1S/C17H22N4O2/c1-11(2)21-9-13(8-18-21)20-17(22)19-12(3)15-10-23-16-7-5-4-6-14(15)16/h4-9,11-12,15H,10H2,1-3H3,(H2,19,20,22)/t12-,15+/m1/s1. The lowest BCUT2D eigenvalue weighted by molar-refractivity contribution is 0.244. The number of rotatable bonds is 4. The van der Waals surface area contributed by atoms with Crippen LogP contribution in [0.25, 0.3) is 0 Å². The lowest BCUT2D eigenvalue weighted by Crippen LogP contribution is -2.40. The molecule has 1 aliphatic heterocycles. The minimum atomic E-state index is -0.231. The first kappa shape index (κ1) is 15.4. The number of nitrogens with zero attached hydrogens (tertiary/aromatic N) is 2. The molecule has 122 valence electrons. The minimum Gasteiger partial charge on any atom is -0.493 e. The molecule has 0 radical (unpaired) electrons. The van der Waals surface area contributed by atoms with Gasteiger partial charge in [0.1, 0.15) is 5.75 Å². The van der Waals surface area contributed by atoms with Crippen LogP contribution in [-0.2, 0) is 0 Å². The van der Waals surface area contributed by atoms with E-state index in [-0.39, 0.29) is 24.0 Å². The summed E-state index contributed by atoms with van der Waals surface area (Å²) in [5, 5.41) is 10.0. The van der Waals surface area contributed by atoms with E-state index in [0.29, 0.717) is 12.3 Å². The van der Waals surface area contributed by atoms with Crippen LogP contribution in [0.3, 0.4) is 0 Å². The quantitative estimate of drug-likeness (QED) is 0.911. The second-order valence-electron chi connectivity index (χ2n) is 6.15. The van der Waals surface area contributed by atoms with Crippen molar-refractivity contribution >= 4 is 11.7 Å². The molecular formula is C17H22N4O2. The van der Waals surface area contributed by atoms with Gasteiger partial charge in [-0.3, -0.25) is 4.68 Å². The summed E-state index contributed by atoms with van der Waals surface area (Å²) in [6, 6.07) is 7.97. The molecule has 0 aliphatic carbocycles. The van der Waals surface area contributed by atoms with E-state index in [0.717, 1.165) is 11.3 Å². The maximum Gasteiger partial charge on any atom is 0.319 e. The number of carbonyl (C=O) groups excluding carboxylic acids is 1. The van der Waals surface area contributed by atoms with Gasteiger partial charge in [0.2, 0.25) is 0 Å². The fourth-order valence-corrected chi connectivity index (χ4v) is 2.76. The van der Waals surface area contributed by atoms with Crippen LogP contribution in [0.5, 0.6) is 5.75 Å². The first-order valence-electron chi connectivity index (χ1n) is 7.88. The highest BCUT2D eigenvalue weighted by Crippen LogP contribution is 2.35. The molecule has 6 nitrogen and oxygen atoms in total. The third kappa shape index (κ3) is 3.31. The maximum absolute atomic E-state index is 12.2. The van der Waals surface area contributed by atoms with E-state index >= 15 is 0 Å². The number of urea groups is 1. The van der Waals surface area contributed by atoms with Gasteiger partial charge < -0.3 is 15.4 Å². The molecule has 6 heteroatoms. The van der Waals surface area contributed by atoms with Crippen LogP contribution < -0.4 is 15.4 Å². The number of aromatic nitrogens is 2. The monoisotopic (exact) mass is 314 g/mol. The summed E-state index contributed by atoms with van der Waals surface area (Å²) in [6.07, 6.45) is 3.47. The Labute approximate surface area is 135 Å². The molecule has 23 heavy (non-hydrogen) atoms. The summed E-state index contributed by atoms with van der Waals surface area (Å²) in [5.74, 6) is 1.07. The molecule has 0 fully saturated rings. The van der Waals surface area contributed by atoms with Crippen molar-refractivity contribution in [3.05, 3.63) is 42.2 Å². The Morgan fingerprint density at radius 3 is 2.87 bits per heavy atom. The number of benzene rings is 1. The van der Waals surface area contributed by atoms with Gasteiger partial charge in [-0.05, 0) is 26.8 Å². The van der Waals surface area contributed by atoms with Gasteiger partial charge in [0.15, 0.2) is 0 Å². The Balaban J connectivity index is 1.59. The normalized spacial score (nSPS) is 17.5. The fourth-order valence-electron chi connectivity index (χ4n) is 2.76. The van der Waals surface area contributed by atoms with Gasteiger partial charge in [0.05, 0.1) is 18.5 Å². The third-order valence-electron chi connectivity index (χ3n) is 4.09. The van der Waals surface area contributed by atoms with Crippen LogP contribution in [0.15, 0.2) is 36.7 Å². The molecule has 0 unspecified atom stereocenters. The Kier molecular flexibility index (Phi) is 4.23. The van der Waals surface area contributed by atoms with Gasteiger partial charge in [0.25, 0.3) is 0 Å². The summed E-state index contributed by atoms with van der Waals surface area (Å²) >= 11 is 0. The summed E-state index contributed by atoms with van der Waals surface area (Å²) in [4.78, 5) is 12.2. The Bertz CT molecular complexity index is 695. The number of hydrogen-bond donors (Lipinski definition) is 2. The second kappa shape index (κ2) is 6.32. The van der Waals surface area contributed by atoms with Crippen molar-refractivity contribution in [1.82, 2.24) is 15.1 Å². The number of amides is 2. The van der Waals surface area contributed by atoms with E-state index < -0.39 is 0 Å². The molecule has 2 aromatic rings. The van der Waals surface area contributed by atoms with E-state index in [2.05, 4.69) is 21.8 Å². The van der Waals surface area contributed by atoms with Crippen LogP contribution in [-0.4, -0.2) is 28.5 Å². The molecule has 0 spiro atoms. The molecule has 0 saturated carbocycles. The molecule has 0 saturated heterocycles. The highest BCUT2D eigenvalue weighted by molar-refractivity contribution is 5.89. The average molecular weight is 314 g/mol. The molecule has 2 amide bonds. The maximum atomic E-state index is 12.2. The number of ether oxygens (including phenoxy) is 1. The summed E-state index contributed by atoms with van der Waals surface area (Å²) in [7, 11) is 0. The zero-order valence-electron chi connectivity index (χ0n) is 13.6. The van der Waals surface area contributed by atoms with Crippen molar-refractivity contribution in [2.75, 3.05) is 11.9 Å². The molecule has 0 bridgehead atoms. The topological polar surface area (TPSA) is 68.2 Å². The fraction of sp³-hybridized carbons (Fsp3) is 0.412. The van der Waals surface area contributed by atoms with Crippen LogP contribution in [0.1, 0.15) is 38.3 Å². The average Bonchev–Trinajstić information content (AvgIpc) is 3.13. The number of nitrogens with one attached hydrogen (secondary N) is 2. The Morgan fingerprint density at radius 1 is 1.35 bits per heavy atom. The number of hydrogen-bond acceptors (Lipinski definition) is 3. The van der Waals surface area contributed by atoms with Gasteiger partial charge in [-0.2, -0.15) is 5.10 Å². The van der Waals surface area contributed by atoms with E-state index in [4.69, 9.17) is 4.74 Å². The molecule has 2 N–H and O–H groups in total. The molecule has 1 aromatic carbocycles. The number of fused-ring (bicyclic) bond motifs is 1. The van der Waals surface area contributed by atoms with E-state index in [1.807, 2.05) is 45.2 Å². The lowest BCUT2D eigenvalue weighted by Gasteiger charge is -2.20. The summed E-state index contributed by atoms with van der Waals surface area (Å²) in [6.45, 7) is 6.66. The second-order valence-corrected chi connectivity index (χ2v) is 6.15.